The predicted octanol–water partition coefficient (Wildman–Crippen LogP) is 2.74. The number of nitrogens with two attached hydrogens (primary N) is 1. The van der Waals surface area contributed by atoms with Crippen LogP contribution in [-0.4, -0.2) is 11.1 Å². The van der Waals surface area contributed by atoms with Gasteiger partial charge >= 0.3 is 0 Å². The van der Waals surface area contributed by atoms with E-state index in [4.69, 9.17) is 10.5 Å². The molecule has 0 saturated heterocycles. The van der Waals surface area contributed by atoms with Crippen molar-refractivity contribution in [3.63, 3.8) is 0 Å². The van der Waals surface area contributed by atoms with Crippen molar-refractivity contribution in [1.29, 1.82) is 5.26 Å². The first-order chi connectivity index (χ1) is 9.72. The molecule has 4 aliphatic rings. The molecule has 0 radical (unpaired) electrons. The molecule has 2 N–H and O–H groups in total. The van der Waals surface area contributed by atoms with E-state index in [0.29, 0.717) is 29.0 Å². The van der Waals surface area contributed by atoms with Gasteiger partial charge in [-0.15, -0.1) is 0 Å². The molecule has 0 spiro atoms. The summed E-state index contributed by atoms with van der Waals surface area (Å²) in [6, 6.07) is 3.79. The Bertz CT molecular complexity index is 550. The van der Waals surface area contributed by atoms with E-state index in [9.17, 15) is 5.26 Å². The van der Waals surface area contributed by atoms with E-state index in [0.717, 1.165) is 11.8 Å². The Kier molecular flexibility index (Phi) is 2.63. The summed E-state index contributed by atoms with van der Waals surface area (Å²) in [5.74, 6) is 3.65. The quantitative estimate of drug-likeness (QED) is 0.896. The first kappa shape index (κ1) is 12.0. The second kappa shape index (κ2) is 4.37. The zero-order chi connectivity index (χ0) is 13.7. The summed E-state index contributed by atoms with van der Waals surface area (Å²) in [6.45, 7) is 0. The number of ether oxygens (including phenoxy) is 1. The molecular weight excluding hydrogens is 250 g/mol. The maximum absolute atomic E-state index is 9.20. The number of hydrogen-bond donors (Lipinski definition) is 1. The van der Waals surface area contributed by atoms with Gasteiger partial charge in [-0.1, -0.05) is 0 Å². The summed E-state index contributed by atoms with van der Waals surface area (Å²) in [5.41, 5.74) is 6.65. The number of nitrogens with zero attached hydrogens (tertiary/aromatic N) is 2. The lowest BCUT2D eigenvalue weighted by Crippen LogP contribution is -2.50. The number of hydrogen-bond acceptors (Lipinski definition) is 4. The molecule has 4 nitrogen and oxygen atoms in total. The summed E-state index contributed by atoms with van der Waals surface area (Å²) >= 11 is 0. The van der Waals surface area contributed by atoms with E-state index in [2.05, 4.69) is 11.1 Å². The Balaban J connectivity index is 1.59. The fourth-order valence-corrected chi connectivity index (χ4v) is 4.84. The lowest BCUT2D eigenvalue weighted by molar-refractivity contribution is -0.0805. The van der Waals surface area contributed by atoms with Gasteiger partial charge in [0.1, 0.15) is 17.7 Å². The van der Waals surface area contributed by atoms with Crippen LogP contribution in [0.2, 0.25) is 0 Å². The molecule has 4 saturated carbocycles. The van der Waals surface area contributed by atoms with Crippen molar-refractivity contribution in [3.8, 4) is 11.9 Å². The minimum Gasteiger partial charge on any atom is -0.473 e. The zero-order valence-corrected chi connectivity index (χ0v) is 11.5. The van der Waals surface area contributed by atoms with Gasteiger partial charge in [-0.25, -0.2) is 4.98 Å². The van der Waals surface area contributed by atoms with Crippen molar-refractivity contribution in [2.24, 2.45) is 23.7 Å². The van der Waals surface area contributed by atoms with Crippen molar-refractivity contribution in [1.82, 2.24) is 4.98 Å². The van der Waals surface area contributed by atoms with Crippen LogP contribution in [0.25, 0.3) is 0 Å². The van der Waals surface area contributed by atoms with E-state index in [1.165, 1.54) is 32.1 Å². The lowest BCUT2D eigenvalue weighted by Gasteiger charge is -2.53. The van der Waals surface area contributed by atoms with Gasteiger partial charge in [0.05, 0.1) is 11.9 Å². The molecule has 0 atom stereocenters. The Labute approximate surface area is 118 Å². The third-order valence-electron chi connectivity index (χ3n) is 5.38. The molecule has 0 unspecified atom stereocenters. The van der Waals surface area contributed by atoms with Crippen molar-refractivity contribution in [2.45, 2.75) is 38.2 Å². The van der Waals surface area contributed by atoms with Gasteiger partial charge in [0.15, 0.2) is 0 Å². The summed E-state index contributed by atoms with van der Waals surface area (Å²) < 4.78 is 6.18. The molecule has 0 amide bonds. The molecule has 1 aromatic heterocycles. The SMILES string of the molecule is N#Cc1cc(N)cnc1OC1C2CC3CC(C2)CC1C3. The van der Waals surface area contributed by atoms with E-state index in [-0.39, 0.29) is 6.10 Å². The standard InChI is InChI=1S/C16H19N3O/c17-7-13-6-14(18)8-19-16(13)20-15-11-2-9-1-10(4-11)5-12(15)3-9/h6,8-12,15H,1-5,18H2. The summed E-state index contributed by atoms with van der Waals surface area (Å²) in [6.07, 6.45) is 8.47. The van der Waals surface area contributed by atoms with E-state index in [1.807, 2.05) is 0 Å². The molecule has 0 aromatic carbocycles. The number of nitriles is 1. The highest BCUT2D eigenvalue weighted by Crippen LogP contribution is 2.54. The first-order valence-corrected chi connectivity index (χ1v) is 7.55. The van der Waals surface area contributed by atoms with Gasteiger partial charge in [-0.3, -0.25) is 0 Å². The van der Waals surface area contributed by atoms with Crippen molar-refractivity contribution in [2.75, 3.05) is 5.73 Å². The number of pyridine rings is 1. The van der Waals surface area contributed by atoms with Gasteiger partial charge in [-0.05, 0) is 61.8 Å². The number of nitrogen functional groups attached to an aromatic ring is 1. The van der Waals surface area contributed by atoms with Crippen LogP contribution < -0.4 is 10.5 Å². The fraction of sp³-hybridized carbons (Fsp3) is 0.625. The van der Waals surface area contributed by atoms with Gasteiger partial charge < -0.3 is 10.5 Å². The average Bonchev–Trinajstić information content (AvgIpc) is 2.43. The van der Waals surface area contributed by atoms with E-state index < -0.39 is 0 Å². The van der Waals surface area contributed by atoms with Crippen LogP contribution >= 0.6 is 0 Å². The number of aromatic nitrogens is 1. The highest BCUT2D eigenvalue weighted by Gasteiger charge is 2.49. The Morgan fingerprint density at radius 3 is 2.40 bits per heavy atom. The molecular formula is C16H19N3O. The van der Waals surface area contributed by atoms with Crippen LogP contribution in [0.3, 0.4) is 0 Å². The molecule has 0 aliphatic heterocycles. The lowest BCUT2D eigenvalue weighted by atomic mass is 9.55. The Hall–Kier alpha value is -1.76. The second-order valence-electron chi connectivity index (χ2n) is 6.75. The maximum atomic E-state index is 9.20. The second-order valence-corrected chi connectivity index (χ2v) is 6.75. The van der Waals surface area contributed by atoms with Crippen molar-refractivity contribution < 1.29 is 4.74 Å². The number of rotatable bonds is 2. The maximum Gasteiger partial charge on any atom is 0.232 e. The molecule has 1 heterocycles. The van der Waals surface area contributed by atoms with Crippen LogP contribution in [0.5, 0.6) is 5.88 Å². The molecule has 4 fully saturated rings. The third-order valence-corrected chi connectivity index (χ3v) is 5.38. The summed E-state index contributed by atoms with van der Waals surface area (Å²) in [7, 11) is 0. The van der Waals surface area contributed by atoms with Crippen molar-refractivity contribution >= 4 is 5.69 Å². The first-order valence-electron chi connectivity index (χ1n) is 7.55. The Morgan fingerprint density at radius 2 is 1.80 bits per heavy atom. The molecule has 104 valence electrons. The van der Waals surface area contributed by atoms with Gasteiger partial charge in [-0.2, -0.15) is 5.26 Å². The zero-order valence-electron chi connectivity index (χ0n) is 11.5. The van der Waals surface area contributed by atoms with Crippen LogP contribution in [0.1, 0.15) is 37.7 Å². The Morgan fingerprint density at radius 1 is 1.15 bits per heavy atom. The molecule has 4 aliphatic carbocycles. The smallest absolute Gasteiger partial charge is 0.232 e. The molecule has 4 bridgehead atoms. The summed E-state index contributed by atoms with van der Waals surface area (Å²) in [4.78, 5) is 4.23. The minimum absolute atomic E-state index is 0.256. The fourth-order valence-electron chi connectivity index (χ4n) is 4.84. The minimum atomic E-state index is 0.256. The van der Waals surface area contributed by atoms with Gasteiger partial charge in [0, 0.05) is 0 Å². The van der Waals surface area contributed by atoms with Crippen LogP contribution in [0.4, 0.5) is 5.69 Å². The third kappa shape index (κ3) is 1.84. The van der Waals surface area contributed by atoms with Crippen LogP contribution in [-0.2, 0) is 0 Å². The normalized spacial score (nSPS) is 37.6. The highest BCUT2D eigenvalue weighted by atomic mass is 16.5. The largest absolute Gasteiger partial charge is 0.473 e. The van der Waals surface area contributed by atoms with E-state index in [1.54, 1.807) is 12.3 Å². The molecule has 1 aromatic rings. The molecule has 20 heavy (non-hydrogen) atoms. The summed E-state index contributed by atoms with van der Waals surface area (Å²) in [5, 5.41) is 9.20. The van der Waals surface area contributed by atoms with Crippen molar-refractivity contribution in [3.05, 3.63) is 17.8 Å². The molecule has 5 rings (SSSR count). The monoisotopic (exact) mass is 269 g/mol. The van der Waals surface area contributed by atoms with Crippen LogP contribution in [0, 0.1) is 35.0 Å². The average molecular weight is 269 g/mol. The highest BCUT2D eigenvalue weighted by molar-refractivity contribution is 5.48. The molecule has 4 heteroatoms. The topological polar surface area (TPSA) is 71.9 Å². The van der Waals surface area contributed by atoms with E-state index >= 15 is 0 Å². The van der Waals surface area contributed by atoms with Crippen LogP contribution in [0.15, 0.2) is 12.3 Å². The number of anilines is 1. The van der Waals surface area contributed by atoms with Gasteiger partial charge in [0.2, 0.25) is 5.88 Å². The van der Waals surface area contributed by atoms with Gasteiger partial charge in [0.25, 0.3) is 0 Å². The predicted molar refractivity (Wildman–Crippen MR) is 74.8 cm³/mol.